The number of aryl methyl sites for hydroxylation is 2. The Hall–Kier alpha value is -2.27. The summed E-state index contributed by atoms with van der Waals surface area (Å²) in [4.78, 5) is 14.4. The Labute approximate surface area is 133 Å². The van der Waals surface area contributed by atoms with E-state index in [0.717, 1.165) is 15.3 Å². The zero-order valence-corrected chi connectivity index (χ0v) is 13.8. The van der Waals surface area contributed by atoms with Gasteiger partial charge in [0.2, 0.25) is 5.75 Å². The minimum absolute atomic E-state index is 0.0483. The predicted octanol–water partition coefficient (Wildman–Crippen LogP) is 3.98. The summed E-state index contributed by atoms with van der Waals surface area (Å²) in [5.41, 5.74) is 1.43. The maximum atomic E-state index is 12.2. The van der Waals surface area contributed by atoms with Crippen LogP contribution < -0.4 is 9.47 Å². The van der Waals surface area contributed by atoms with Crippen LogP contribution in [-0.2, 0) is 0 Å². The van der Waals surface area contributed by atoms with Crippen LogP contribution >= 0.6 is 11.3 Å². The molecule has 0 atom stereocenters. The summed E-state index contributed by atoms with van der Waals surface area (Å²) in [5.74, 6) is 0.494. The van der Waals surface area contributed by atoms with E-state index in [2.05, 4.69) is 0 Å². The van der Waals surface area contributed by atoms with Gasteiger partial charge in [0, 0.05) is 15.3 Å². The molecule has 1 N–H and O–H groups in total. The summed E-state index contributed by atoms with van der Waals surface area (Å²) >= 11 is 1.61. The Morgan fingerprint density at radius 2 is 1.73 bits per heavy atom. The van der Waals surface area contributed by atoms with Crippen LogP contribution in [0.1, 0.15) is 25.7 Å². The molecular formula is C17H18O4S. The first-order chi connectivity index (χ1) is 10.5. The van der Waals surface area contributed by atoms with Gasteiger partial charge in [-0.15, -0.1) is 11.3 Å². The first-order valence-corrected chi connectivity index (χ1v) is 7.52. The number of thiophene rings is 1. The van der Waals surface area contributed by atoms with E-state index in [4.69, 9.17) is 9.47 Å². The molecule has 0 saturated heterocycles. The normalized spacial score (nSPS) is 10.9. The maximum Gasteiger partial charge on any atom is 0.200 e. The number of benzene rings is 1. The molecule has 4 nitrogen and oxygen atoms in total. The summed E-state index contributed by atoms with van der Waals surface area (Å²) in [7, 11) is 2.93. The molecule has 1 aromatic carbocycles. The van der Waals surface area contributed by atoms with Crippen LogP contribution in [-0.4, -0.2) is 25.1 Å². The minimum atomic E-state index is -0.0576. The summed E-state index contributed by atoms with van der Waals surface area (Å²) in [5, 5.41) is 9.87. The highest BCUT2D eigenvalue weighted by Crippen LogP contribution is 2.37. The molecule has 2 rings (SSSR count). The lowest BCUT2D eigenvalue weighted by molar-refractivity contribution is 0.104. The second-order valence-electron chi connectivity index (χ2n) is 4.80. The number of aromatic hydroxyl groups is 1. The molecule has 0 saturated carbocycles. The lowest BCUT2D eigenvalue weighted by Gasteiger charge is -2.09. The Kier molecular flexibility index (Phi) is 4.88. The molecule has 1 heterocycles. The molecule has 1 aromatic heterocycles. The van der Waals surface area contributed by atoms with Gasteiger partial charge in [0.1, 0.15) is 0 Å². The van der Waals surface area contributed by atoms with E-state index >= 15 is 0 Å². The monoisotopic (exact) mass is 318 g/mol. The van der Waals surface area contributed by atoms with Crippen LogP contribution in [0.2, 0.25) is 0 Å². The average Bonchev–Trinajstić information content (AvgIpc) is 2.84. The summed E-state index contributed by atoms with van der Waals surface area (Å²) in [6.07, 6.45) is 3.19. The smallest absolute Gasteiger partial charge is 0.200 e. The number of methoxy groups -OCH3 is 2. The van der Waals surface area contributed by atoms with Gasteiger partial charge in [0.15, 0.2) is 17.3 Å². The zero-order valence-electron chi connectivity index (χ0n) is 13.0. The standard InChI is InChI=1S/C17H18O4S/c1-10-7-13(11(2)22-10)14(18)6-5-12-8-15(20-3)17(19)16(9-12)21-4/h5-9,19H,1-4H3/b6-5+. The molecule has 0 aliphatic rings. The van der Waals surface area contributed by atoms with Crippen molar-refractivity contribution in [1.82, 2.24) is 0 Å². The molecule has 0 unspecified atom stereocenters. The molecular weight excluding hydrogens is 300 g/mol. The number of allylic oxidation sites excluding steroid dienone is 1. The lowest BCUT2D eigenvalue weighted by atomic mass is 10.1. The van der Waals surface area contributed by atoms with Crippen molar-refractivity contribution < 1.29 is 19.4 Å². The molecule has 0 aliphatic carbocycles. The summed E-state index contributed by atoms with van der Waals surface area (Å²) in [6.45, 7) is 3.92. The van der Waals surface area contributed by atoms with E-state index in [1.807, 2.05) is 19.9 Å². The molecule has 0 fully saturated rings. The van der Waals surface area contributed by atoms with E-state index < -0.39 is 0 Å². The Morgan fingerprint density at radius 3 is 2.18 bits per heavy atom. The van der Waals surface area contributed by atoms with E-state index in [9.17, 15) is 9.90 Å². The first-order valence-electron chi connectivity index (χ1n) is 6.70. The van der Waals surface area contributed by atoms with Gasteiger partial charge in [-0.25, -0.2) is 0 Å². The second-order valence-corrected chi connectivity index (χ2v) is 6.26. The summed E-state index contributed by atoms with van der Waals surface area (Å²) in [6, 6.07) is 5.19. The first kappa shape index (κ1) is 16.1. The van der Waals surface area contributed by atoms with Crippen molar-refractivity contribution in [3.63, 3.8) is 0 Å². The quantitative estimate of drug-likeness (QED) is 0.669. The highest BCUT2D eigenvalue weighted by atomic mass is 32.1. The van der Waals surface area contributed by atoms with Crippen LogP contribution in [0.3, 0.4) is 0 Å². The number of phenols is 1. The number of carbonyl (C=O) groups is 1. The van der Waals surface area contributed by atoms with Crippen molar-refractivity contribution in [2.45, 2.75) is 13.8 Å². The van der Waals surface area contributed by atoms with Crippen LogP contribution in [0.5, 0.6) is 17.2 Å². The van der Waals surface area contributed by atoms with Crippen molar-refractivity contribution in [1.29, 1.82) is 0 Å². The molecule has 0 bridgehead atoms. The SMILES string of the molecule is COc1cc(/C=C/C(=O)c2cc(C)sc2C)cc(OC)c1O. The topological polar surface area (TPSA) is 55.8 Å². The highest BCUT2D eigenvalue weighted by molar-refractivity contribution is 7.12. The molecule has 2 aromatic rings. The number of carbonyl (C=O) groups excluding carboxylic acids is 1. The highest BCUT2D eigenvalue weighted by Gasteiger charge is 2.11. The Morgan fingerprint density at radius 1 is 1.14 bits per heavy atom. The van der Waals surface area contributed by atoms with E-state index in [1.54, 1.807) is 29.5 Å². The molecule has 22 heavy (non-hydrogen) atoms. The Balaban J connectivity index is 2.30. The van der Waals surface area contributed by atoms with Gasteiger partial charge >= 0.3 is 0 Å². The zero-order chi connectivity index (χ0) is 16.3. The van der Waals surface area contributed by atoms with Gasteiger partial charge in [-0.1, -0.05) is 6.08 Å². The van der Waals surface area contributed by atoms with Crippen LogP contribution in [0.25, 0.3) is 6.08 Å². The van der Waals surface area contributed by atoms with Crippen molar-refractivity contribution in [2.24, 2.45) is 0 Å². The fraction of sp³-hybridized carbons (Fsp3) is 0.235. The van der Waals surface area contributed by atoms with Gasteiger partial charge in [-0.2, -0.15) is 0 Å². The van der Waals surface area contributed by atoms with Crippen molar-refractivity contribution in [3.05, 3.63) is 45.2 Å². The van der Waals surface area contributed by atoms with Crippen molar-refractivity contribution >= 4 is 23.2 Å². The van der Waals surface area contributed by atoms with Gasteiger partial charge in [0.25, 0.3) is 0 Å². The molecule has 0 radical (unpaired) electrons. The van der Waals surface area contributed by atoms with Crippen molar-refractivity contribution in [2.75, 3.05) is 14.2 Å². The van der Waals surface area contributed by atoms with Crippen molar-refractivity contribution in [3.8, 4) is 17.2 Å². The fourth-order valence-corrected chi connectivity index (χ4v) is 3.08. The fourth-order valence-electron chi connectivity index (χ4n) is 2.15. The van der Waals surface area contributed by atoms with Crippen LogP contribution in [0.15, 0.2) is 24.3 Å². The number of phenolic OH excluding ortho intramolecular Hbond substituents is 1. The van der Waals surface area contributed by atoms with Crippen LogP contribution in [0, 0.1) is 13.8 Å². The third-order valence-electron chi connectivity index (χ3n) is 3.24. The number of ketones is 1. The Bertz CT molecular complexity index is 703. The van der Waals surface area contributed by atoms with E-state index in [1.165, 1.54) is 20.3 Å². The van der Waals surface area contributed by atoms with E-state index in [-0.39, 0.29) is 11.5 Å². The van der Waals surface area contributed by atoms with Crippen LogP contribution in [0.4, 0.5) is 0 Å². The molecule has 0 spiro atoms. The minimum Gasteiger partial charge on any atom is -0.502 e. The maximum absolute atomic E-state index is 12.2. The number of ether oxygens (including phenoxy) is 2. The number of hydrogen-bond acceptors (Lipinski definition) is 5. The third kappa shape index (κ3) is 3.31. The van der Waals surface area contributed by atoms with Gasteiger partial charge in [-0.05, 0) is 43.7 Å². The van der Waals surface area contributed by atoms with E-state index in [0.29, 0.717) is 17.1 Å². The van der Waals surface area contributed by atoms with Gasteiger partial charge in [0.05, 0.1) is 14.2 Å². The summed E-state index contributed by atoms with van der Waals surface area (Å²) < 4.78 is 10.2. The lowest BCUT2D eigenvalue weighted by Crippen LogP contribution is -1.94. The third-order valence-corrected chi connectivity index (χ3v) is 4.20. The van der Waals surface area contributed by atoms with Gasteiger partial charge in [-0.3, -0.25) is 4.79 Å². The molecule has 5 heteroatoms. The number of hydrogen-bond donors (Lipinski definition) is 1. The largest absolute Gasteiger partial charge is 0.502 e. The second kappa shape index (κ2) is 6.66. The molecule has 0 amide bonds. The number of rotatable bonds is 5. The van der Waals surface area contributed by atoms with Gasteiger partial charge < -0.3 is 14.6 Å². The molecule has 116 valence electrons. The average molecular weight is 318 g/mol. The predicted molar refractivity (Wildman–Crippen MR) is 88.4 cm³/mol. The molecule has 0 aliphatic heterocycles.